The fourth-order valence-corrected chi connectivity index (χ4v) is 4.82. The Balaban J connectivity index is 1.75. The number of benzene rings is 1. The number of hydrogen-bond donors (Lipinski definition) is 2. The summed E-state index contributed by atoms with van der Waals surface area (Å²) in [6, 6.07) is 7.84. The van der Waals surface area contributed by atoms with Crippen LogP contribution in [0.3, 0.4) is 0 Å². The van der Waals surface area contributed by atoms with Gasteiger partial charge in [0.05, 0.1) is 17.6 Å². The van der Waals surface area contributed by atoms with Gasteiger partial charge in [-0.25, -0.2) is 4.79 Å². The van der Waals surface area contributed by atoms with E-state index in [4.69, 9.17) is 4.74 Å². The number of fused-ring (bicyclic) bond motifs is 1. The quantitative estimate of drug-likeness (QED) is 0.620. The molecular formula is C21H26N5O3PS. The Kier molecular flexibility index (Phi) is 6.27. The molecule has 8 nitrogen and oxygen atoms in total. The highest BCUT2D eigenvalue weighted by Crippen LogP contribution is 2.39. The monoisotopic (exact) mass is 459 g/mol. The molecule has 2 atom stereocenters. The van der Waals surface area contributed by atoms with Gasteiger partial charge in [0.25, 0.3) is 0 Å². The molecule has 2 aliphatic heterocycles. The SMILES string of the molecule is C=C1c2c(nc(Oc3cccc(P)c3)n2CC2NC=C(C)S2)N(C)C(=O)N1CCCO. The van der Waals surface area contributed by atoms with Gasteiger partial charge in [-0.3, -0.25) is 14.4 Å². The van der Waals surface area contributed by atoms with Crippen molar-refractivity contribution in [2.45, 2.75) is 25.3 Å². The van der Waals surface area contributed by atoms with Gasteiger partial charge in [0.1, 0.15) is 11.4 Å². The van der Waals surface area contributed by atoms with Gasteiger partial charge >= 0.3 is 12.0 Å². The maximum Gasteiger partial charge on any atom is 0.329 e. The van der Waals surface area contributed by atoms with Crippen molar-refractivity contribution in [1.29, 1.82) is 0 Å². The number of nitrogens with one attached hydrogen (secondary N) is 1. The third kappa shape index (κ3) is 4.31. The van der Waals surface area contributed by atoms with E-state index in [0.717, 1.165) is 11.0 Å². The van der Waals surface area contributed by atoms with E-state index in [1.165, 1.54) is 9.81 Å². The molecule has 2 aromatic rings. The Morgan fingerprint density at radius 1 is 1.42 bits per heavy atom. The van der Waals surface area contributed by atoms with Gasteiger partial charge in [0.2, 0.25) is 0 Å². The van der Waals surface area contributed by atoms with E-state index < -0.39 is 0 Å². The number of allylic oxidation sites excluding steroid dienone is 1. The first-order chi connectivity index (χ1) is 14.9. The molecule has 0 fully saturated rings. The highest BCUT2D eigenvalue weighted by molar-refractivity contribution is 8.03. The number of imidazole rings is 1. The molecule has 0 radical (unpaired) electrons. The topological polar surface area (TPSA) is 82.9 Å². The van der Waals surface area contributed by atoms with Crippen LogP contribution >= 0.6 is 21.0 Å². The molecule has 0 saturated heterocycles. The molecule has 0 bridgehead atoms. The lowest BCUT2D eigenvalue weighted by Gasteiger charge is -2.34. The third-order valence-corrected chi connectivity index (χ3v) is 6.52. The van der Waals surface area contributed by atoms with Crippen LogP contribution in [0.1, 0.15) is 19.0 Å². The summed E-state index contributed by atoms with van der Waals surface area (Å²) in [4.78, 5) is 21.9. The zero-order valence-corrected chi connectivity index (χ0v) is 19.5. The molecular weight excluding hydrogens is 433 g/mol. The Bertz CT molecular complexity index is 1050. The third-order valence-electron chi connectivity index (χ3n) is 5.10. The predicted molar refractivity (Wildman–Crippen MR) is 128 cm³/mol. The second-order valence-corrected chi connectivity index (χ2v) is 9.51. The van der Waals surface area contributed by atoms with E-state index in [1.54, 1.807) is 23.7 Å². The van der Waals surface area contributed by atoms with Crippen LogP contribution in [0, 0.1) is 0 Å². The summed E-state index contributed by atoms with van der Waals surface area (Å²) >= 11 is 1.73. The van der Waals surface area contributed by atoms with Crippen molar-refractivity contribution in [2.24, 2.45) is 0 Å². The molecule has 31 heavy (non-hydrogen) atoms. The zero-order valence-electron chi connectivity index (χ0n) is 17.5. The number of carbonyl (C=O) groups excluding carboxylic acids is 1. The van der Waals surface area contributed by atoms with Gasteiger partial charge in [0.15, 0.2) is 5.82 Å². The molecule has 3 heterocycles. The number of nitrogens with zero attached hydrogens (tertiary/aromatic N) is 4. The number of rotatable bonds is 7. The van der Waals surface area contributed by atoms with E-state index in [9.17, 15) is 9.90 Å². The van der Waals surface area contributed by atoms with E-state index >= 15 is 0 Å². The normalized spacial score (nSPS) is 18.2. The molecule has 10 heteroatoms. The standard InChI is InChI=1S/C21H26N5O3PS/c1-13-11-22-17(31-13)12-26-18-14(2)25(8-5-9-27)21(28)24(3)19(18)23-20(26)29-15-6-4-7-16(30)10-15/h4,6-7,10-11,17,22,27H,2,5,8-9,12,30H2,1,3H3. The van der Waals surface area contributed by atoms with Crippen molar-refractivity contribution in [1.82, 2.24) is 19.8 Å². The highest BCUT2D eigenvalue weighted by Gasteiger charge is 2.37. The zero-order chi connectivity index (χ0) is 22.1. The minimum Gasteiger partial charge on any atom is -0.425 e. The molecule has 0 aliphatic carbocycles. The van der Waals surface area contributed by atoms with Gasteiger partial charge < -0.3 is 15.2 Å². The second-order valence-electron chi connectivity index (χ2n) is 7.40. The van der Waals surface area contributed by atoms with Crippen LogP contribution < -0.4 is 20.3 Å². The lowest BCUT2D eigenvalue weighted by atomic mass is 10.2. The van der Waals surface area contributed by atoms with Gasteiger partial charge in [-0.1, -0.05) is 18.7 Å². The first-order valence-electron chi connectivity index (χ1n) is 9.97. The number of hydrogen-bond acceptors (Lipinski definition) is 6. The molecule has 0 spiro atoms. The summed E-state index contributed by atoms with van der Waals surface area (Å²) in [6.45, 7) is 7.21. The maximum atomic E-state index is 12.9. The van der Waals surface area contributed by atoms with Crippen molar-refractivity contribution >= 4 is 43.9 Å². The number of thioether (sulfide) groups is 1. The molecule has 2 aliphatic rings. The van der Waals surface area contributed by atoms with Gasteiger partial charge in [0, 0.05) is 26.4 Å². The predicted octanol–water partition coefficient (Wildman–Crippen LogP) is 2.92. The van der Waals surface area contributed by atoms with Crippen LogP contribution in [0.5, 0.6) is 11.8 Å². The first kappa shape index (κ1) is 21.7. The first-order valence-corrected chi connectivity index (χ1v) is 11.4. The summed E-state index contributed by atoms with van der Waals surface area (Å²) in [6.07, 6.45) is 2.46. The van der Waals surface area contributed by atoms with Gasteiger partial charge in [-0.05, 0) is 35.7 Å². The number of carbonyl (C=O) groups is 1. The summed E-state index contributed by atoms with van der Waals surface area (Å²) in [5.74, 6) is 1.18. The largest absolute Gasteiger partial charge is 0.425 e. The Morgan fingerprint density at radius 2 is 2.23 bits per heavy atom. The maximum absolute atomic E-state index is 12.9. The molecule has 1 aromatic carbocycles. The number of aliphatic hydroxyl groups is 1. The summed E-state index contributed by atoms with van der Waals surface area (Å²) in [7, 11) is 4.35. The number of amides is 2. The van der Waals surface area contributed by atoms with Crippen LogP contribution in [0.25, 0.3) is 5.70 Å². The number of anilines is 1. The molecule has 0 saturated carbocycles. The molecule has 2 N–H and O–H groups in total. The van der Waals surface area contributed by atoms with Gasteiger partial charge in [-0.15, -0.1) is 21.0 Å². The van der Waals surface area contributed by atoms with Gasteiger partial charge in [-0.2, -0.15) is 4.98 Å². The fourth-order valence-electron chi connectivity index (χ4n) is 3.60. The van der Waals surface area contributed by atoms with Crippen LogP contribution in [0.4, 0.5) is 10.6 Å². The summed E-state index contributed by atoms with van der Waals surface area (Å²) in [5, 5.41) is 13.7. The smallest absolute Gasteiger partial charge is 0.329 e. The summed E-state index contributed by atoms with van der Waals surface area (Å²) in [5.41, 5.74) is 1.30. The van der Waals surface area contributed by atoms with Crippen LogP contribution in [0.2, 0.25) is 0 Å². The lowest BCUT2D eigenvalue weighted by molar-refractivity contribution is 0.217. The highest BCUT2D eigenvalue weighted by atomic mass is 32.2. The Morgan fingerprint density at radius 3 is 2.90 bits per heavy atom. The summed E-state index contributed by atoms with van der Waals surface area (Å²) < 4.78 is 8.15. The van der Waals surface area contributed by atoms with Crippen LogP contribution in [-0.2, 0) is 6.54 Å². The van der Waals surface area contributed by atoms with E-state index in [2.05, 4.69) is 33.0 Å². The second kappa shape index (κ2) is 8.94. The molecule has 164 valence electrons. The molecule has 2 unspecified atom stereocenters. The van der Waals surface area contributed by atoms with E-state index in [-0.39, 0.29) is 18.0 Å². The number of ether oxygens (including phenoxy) is 1. The lowest BCUT2D eigenvalue weighted by Crippen LogP contribution is -2.45. The number of urea groups is 1. The van der Waals surface area contributed by atoms with E-state index in [1.807, 2.05) is 35.0 Å². The minimum absolute atomic E-state index is 0.000203. The number of aromatic nitrogens is 2. The van der Waals surface area contributed by atoms with Crippen molar-refractivity contribution in [3.63, 3.8) is 0 Å². The average Bonchev–Trinajstić information content (AvgIpc) is 3.30. The van der Waals surface area contributed by atoms with Crippen LogP contribution in [0.15, 0.2) is 41.9 Å². The molecule has 1 aromatic heterocycles. The molecule has 2 amide bonds. The van der Waals surface area contributed by atoms with Crippen molar-refractivity contribution < 1.29 is 14.6 Å². The van der Waals surface area contributed by atoms with Crippen molar-refractivity contribution in [2.75, 3.05) is 25.1 Å². The van der Waals surface area contributed by atoms with Crippen molar-refractivity contribution in [3.8, 4) is 11.8 Å². The Hall–Kier alpha value is -2.48. The molecule has 4 rings (SSSR count). The average molecular weight is 460 g/mol. The fraction of sp³-hybridized carbons (Fsp3) is 0.333. The van der Waals surface area contributed by atoms with E-state index in [0.29, 0.717) is 42.8 Å². The number of aliphatic hydroxyl groups excluding tert-OH is 1. The Labute approximate surface area is 188 Å². The minimum atomic E-state index is -0.222. The van der Waals surface area contributed by atoms with Crippen molar-refractivity contribution in [3.05, 3.63) is 47.6 Å². The van der Waals surface area contributed by atoms with Crippen LogP contribution in [-0.4, -0.2) is 51.2 Å².